The Bertz CT molecular complexity index is 1330. The number of carbonyl (C=O) groups excluding carboxylic acids is 2. The summed E-state index contributed by atoms with van der Waals surface area (Å²) in [6, 6.07) is 8.86. The first-order valence-electron chi connectivity index (χ1n) is 9.65. The number of hydrogen-bond donors (Lipinski definition) is 2. The molecule has 11 heteroatoms. The summed E-state index contributed by atoms with van der Waals surface area (Å²) < 4.78 is 33.0. The lowest BCUT2D eigenvalue weighted by molar-refractivity contribution is -0.123. The Morgan fingerprint density at radius 2 is 1.79 bits per heavy atom. The second-order valence-electron chi connectivity index (χ2n) is 7.18. The number of benzene rings is 2. The van der Waals surface area contributed by atoms with Gasteiger partial charge >= 0.3 is 6.03 Å². The highest BCUT2D eigenvalue weighted by molar-refractivity contribution is 6.30. The van der Waals surface area contributed by atoms with E-state index >= 15 is 0 Å². The zero-order valence-electron chi connectivity index (χ0n) is 17.2. The van der Waals surface area contributed by atoms with E-state index in [1.54, 1.807) is 24.3 Å². The van der Waals surface area contributed by atoms with Crippen molar-refractivity contribution in [3.05, 3.63) is 92.0 Å². The van der Waals surface area contributed by atoms with E-state index in [9.17, 15) is 23.2 Å². The lowest BCUT2D eigenvalue weighted by atomic mass is 10.2. The Balaban J connectivity index is 1.67. The summed E-state index contributed by atoms with van der Waals surface area (Å²) >= 11 is 5.91. The fraction of sp³-hybridized carbons (Fsp3) is 0.136. The molecule has 1 fully saturated rings. The molecule has 3 amide bonds. The van der Waals surface area contributed by atoms with E-state index in [1.807, 2.05) is 0 Å². The highest BCUT2D eigenvalue weighted by atomic mass is 35.5. The van der Waals surface area contributed by atoms with E-state index in [2.05, 4.69) is 10.4 Å². The number of amides is 3. The third-order valence-electron chi connectivity index (χ3n) is 4.95. The number of carbonyl (C=O) groups is 2. The van der Waals surface area contributed by atoms with E-state index in [1.165, 1.54) is 23.9 Å². The number of H-pyrrole nitrogens is 1. The number of methoxy groups -OCH3 is 1. The Hall–Kier alpha value is -3.76. The first kappa shape index (κ1) is 22.4. The molecule has 33 heavy (non-hydrogen) atoms. The average molecular weight is 475 g/mol. The van der Waals surface area contributed by atoms with Crippen molar-refractivity contribution < 1.29 is 23.1 Å². The molecule has 0 spiro atoms. The molecule has 1 aliphatic heterocycles. The van der Waals surface area contributed by atoms with Crippen LogP contribution in [-0.4, -0.2) is 33.7 Å². The topological polar surface area (TPSA) is 96.4 Å². The number of urea groups is 1. The number of hydrogen-bond acceptors (Lipinski definition) is 4. The minimum atomic E-state index is -1.09. The number of aromatic nitrogens is 2. The first-order valence-corrected chi connectivity index (χ1v) is 10.0. The van der Waals surface area contributed by atoms with Gasteiger partial charge in [-0.25, -0.2) is 18.3 Å². The first-order chi connectivity index (χ1) is 15.8. The highest BCUT2D eigenvalue weighted by Crippen LogP contribution is 2.20. The Morgan fingerprint density at radius 3 is 2.45 bits per heavy atom. The molecule has 1 saturated heterocycles. The maximum atomic E-state index is 13.5. The van der Waals surface area contributed by atoms with Crippen molar-refractivity contribution in [3.63, 3.8) is 0 Å². The molecule has 0 radical (unpaired) electrons. The van der Waals surface area contributed by atoms with Crippen molar-refractivity contribution >= 4 is 29.6 Å². The van der Waals surface area contributed by atoms with Gasteiger partial charge in [-0.3, -0.25) is 19.6 Å². The van der Waals surface area contributed by atoms with Crippen molar-refractivity contribution in [2.75, 3.05) is 7.11 Å². The molecule has 0 atom stereocenters. The predicted molar refractivity (Wildman–Crippen MR) is 116 cm³/mol. The van der Waals surface area contributed by atoms with Crippen molar-refractivity contribution in [2.45, 2.75) is 13.2 Å². The van der Waals surface area contributed by atoms with Crippen molar-refractivity contribution in [2.24, 2.45) is 0 Å². The standard InChI is InChI=1S/C22H17ClF2N4O4/c1-33-11-19-15(20(30)29(27-19)14-5-3-13(23)4-6-14)9-18-21(31)28(22(32)26-18)10-12-2-7-16(24)17(25)8-12/h2-9,27H,10-11H2,1H3,(H,26,32)/b18-9-. The van der Waals surface area contributed by atoms with Crippen molar-refractivity contribution in [1.82, 2.24) is 20.0 Å². The summed E-state index contributed by atoms with van der Waals surface area (Å²) in [6.07, 6.45) is 1.26. The smallest absolute Gasteiger partial charge is 0.329 e. The lowest BCUT2D eigenvalue weighted by Crippen LogP contribution is -2.30. The van der Waals surface area contributed by atoms with Gasteiger partial charge in [0.15, 0.2) is 11.6 Å². The van der Waals surface area contributed by atoms with Gasteiger partial charge in [0.1, 0.15) is 5.70 Å². The molecular weight excluding hydrogens is 458 g/mol. The van der Waals surface area contributed by atoms with Crippen LogP contribution in [0.4, 0.5) is 13.6 Å². The van der Waals surface area contributed by atoms with Gasteiger partial charge in [-0.15, -0.1) is 0 Å². The minimum Gasteiger partial charge on any atom is -0.378 e. The summed E-state index contributed by atoms with van der Waals surface area (Å²) in [5.41, 5.74) is 0.618. The van der Waals surface area contributed by atoms with Gasteiger partial charge in [-0.2, -0.15) is 0 Å². The van der Waals surface area contributed by atoms with Gasteiger partial charge in [-0.1, -0.05) is 17.7 Å². The maximum Gasteiger partial charge on any atom is 0.329 e. The molecule has 1 aromatic heterocycles. The van der Waals surface area contributed by atoms with E-state index in [4.69, 9.17) is 16.3 Å². The van der Waals surface area contributed by atoms with Gasteiger partial charge in [-0.05, 0) is 48.0 Å². The van der Waals surface area contributed by atoms with Crippen LogP contribution in [0.1, 0.15) is 16.8 Å². The van der Waals surface area contributed by atoms with E-state index < -0.39 is 29.1 Å². The van der Waals surface area contributed by atoms with Gasteiger partial charge in [0.05, 0.1) is 30.1 Å². The second-order valence-corrected chi connectivity index (χ2v) is 7.62. The Labute approximate surface area is 191 Å². The zero-order chi connectivity index (χ0) is 23.7. The molecule has 3 aromatic rings. The highest BCUT2D eigenvalue weighted by Gasteiger charge is 2.34. The molecular formula is C22H17ClF2N4O4. The number of halogens is 3. The SMILES string of the molecule is COCc1[nH]n(-c2ccc(Cl)cc2)c(=O)c1/C=C1\NC(=O)N(Cc2ccc(F)c(F)c2)C1=O. The summed E-state index contributed by atoms with van der Waals surface area (Å²) in [6.45, 7) is -0.234. The quantitative estimate of drug-likeness (QED) is 0.423. The molecule has 0 unspecified atom stereocenters. The number of nitrogens with one attached hydrogen (secondary N) is 2. The molecule has 2 heterocycles. The maximum absolute atomic E-state index is 13.5. The second kappa shape index (κ2) is 9.00. The third-order valence-corrected chi connectivity index (χ3v) is 5.21. The molecule has 170 valence electrons. The van der Waals surface area contributed by atoms with Crippen LogP contribution in [0.25, 0.3) is 11.8 Å². The van der Waals surface area contributed by atoms with Gasteiger partial charge in [0, 0.05) is 12.1 Å². The van der Waals surface area contributed by atoms with Crippen LogP contribution in [-0.2, 0) is 22.7 Å². The van der Waals surface area contributed by atoms with Gasteiger partial charge in [0.2, 0.25) is 0 Å². The molecule has 8 nitrogen and oxygen atoms in total. The summed E-state index contributed by atoms with van der Waals surface area (Å²) in [5, 5.41) is 5.84. The summed E-state index contributed by atoms with van der Waals surface area (Å²) in [4.78, 5) is 39.0. The normalized spacial score (nSPS) is 14.9. The summed E-state index contributed by atoms with van der Waals surface area (Å²) in [7, 11) is 1.45. The average Bonchev–Trinajstić information content (AvgIpc) is 3.23. The number of aromatic amines is 1. The number of imide groups is 1. The van der Waals surface area contributed by atoms with Crippen LogP contribution in [0.15, 0.2) is 53.0 Å². The van der Waals surface area contributed by atoms with Crippen LogP contribution in [0, 0.1) is 11.6 Å². The lowest BCUT2D eigenvalue weighted by Gasteiger charge is -2.11. The predicted octanol–water partition coefficient (Wildman–Crippen LogP) is 3.34. The molecule has 0 saturated carbocycles. The van der Waals surface area contributed by atoms with Crippen LogP contribution in [0.3, 0.4) is 0 Å². The van der Waals surface area contributed by atoms with Gasteiger partial charge in [0.25, 0.3) is 11.5 Å². The van der Waals surface area contributed by atoms with Crippen molar-refractivity contribution in [3.8, 4) is 5.69 Å². The zero-order valence-corrected chi connectivity index (χ0v) is 18.0. The molecule has 2 N–H and O–H groups in total. The molecule has 0 bridgehead atoms. The largest absolute Gasteiger partial charge is 0.378 e. The fourth-order valence-corrected chi connectivity index (χ4v) is 3.48. The minimum absolute atomic E-state index is 0.0374. The molecule has 0 aliphatic carbocycles. The van der Waals surface area contributed by atoms with Crippen LogP contribution in [0.5, 0.6) is 0 Å². The number of nitrogens with zero attached hydrogens (tertiary/aromatic N) is 2. The van der Waals surface area contributed by atoms with E-state index in [0.29, 0.717) is 16.4 Å². The molecule has 1 aliphatic rings. The van der Waals surface area contributed by atoms with Crippen molar-refractivity contribution in [1.29, 1.82) is 0 Å². The molecule has 2 aromatic carbocycles. The van der Waals surface area contributed by atoms with Crippen LogP contribution in [0.2, 0.25) is 5.02 Å². The van der Waals surface area contributed by atoms with Crippen LogP contribution >= 0.6 is 11.6 Å². The Morgan fingerprint density at radius 1 is 1.06 bits per heavy atom. The summed E-state index contributed by atoms with van der Waals surface area (Å²) in [5.74, 6) is -2.84. The van der Waals surface area contributed by atoms with Gasteiger partial charge < -0.3 is 10.1 Å². The van der Waals surface area contributed by atoms with E-state index in [0.717, 1.165) is 17.0 Å². The molecule has 4 rings (SSSR count). The van der Waals surface area contributed by atoms with E-state index in [-0.39, 0.29) is 30.0 Å². The van der Waals surface area contributed by atoms with Crippen LogP contribution < -0.4 is 10.9 Å². The Kier molecular flexibility index (Phi) is 6.12. The number of ether oxygens (including phenoxy) is 1. The third kappa shape index (κ3) is 4.43. The number of rotatable bonds is 6. The fourth-order valence-electron chi connectivity index (χ4n) is 3.35. The monoisotopic (exact) mass is 474 g/mol.